The van der Waals surface area contributed by atoms with Crippen LogP contribution in [0.3, 0.4) is 0 Å². The SMILES string of the molecule is Cc1c(-c2ccccc2)nc(-c2ncccn2)[nH]c1=O. The fourth-order valence-electron chi connectivity index (χ4n) is 1.94. The Morgan fingerprint density at radius 2 is 1.70 bits per heavy atom. The molecule has 0 bridgehead atoms. The van der Waals surface area contributed by atoms with E-state index < -0.39 is 0 Å². The van der Waals surface area contributed by atoms with Crippen molar-refractivity contribution in [1.29, 1.82) is 0 Å². The lowest BCUT2D eigenvalue weighted by atomic mass is 10.1. The molecule has 0 spiro atoms. The molecule has 0 radical (unpaired) electrons. The molecule has 0 saturated heterocycles. The van der Waals surface area contributed by atoms with Crippen LogP contribution >= 0.6 is 0 Å². The first-order valence-corrected chi connectivity index (χ1v) is 6.19. The third-order valence-corrected chi connectivity index (χ3v) is 2.98. The first-order chi connectivity index (χ1) is 9.75. The third-order valence-electron chi connectivity index (χ3n) is 2.98. The number of rotatable bonds is 2. The standard InChI is InChI=1S/C15H12N4O/c1-10-12(11-6-3-2-4-7-11)18-14(19-15(10)20)13-16-8-5-9-17-13/h2-9H,1H3,(H,18,19,20). The largest absolute Gasteiger partial charge is 0.304 e. The van der Waals surface area contributed by atoms with Crippen LogP contribution in [0.2, 0.25) is 0 Å². The summed E-state index contributed by atoms with van der Waals surface area (Å²) in [6.45, 7) is 1.75. The summed E-state index contributed by atoms with van der Waals surface area (Å²) < 4.78 is 0. The molecule has 2 aromatic heterocycles. The quantitative estimate of drug-likeness (QED) is 0.770. The molecule has 1 aromatic carbocycles. The van der Waals surface area contributed by atoms with Crippen LogP contribution in [0.15, 0.2) is 53.6 Å². The lowest BCUT2D eigenvalue weighted by Crippen LogP contribution is -2.15. The molecule has 98 valence electrons. The number of H-pyrrole nitrogens is 1. The van der Waals surface area contributed by atoms with Crippen LogP contribution in [0, 0.1) is 6.92 Å². The van der Waals surface area contributed by atoms with Gasteiger partial charge >= 0.3 is 0 Å². The van der Waals surface area contributed by atoms with Gasteiger partial charge in [-0.05, 0) is 13.0 Å². The Kier molecular flexibility index (Phi) is 3.09. The van der Waals surface area contributed by atoms with Crippen molar-refractivity contribution in [3.63, 3.8) is 0 Å². The van der Waals surface area contributed by atoms with E-state index >= 15 is 0 Å². The summed E-state index contributed by atoms with van der Waals surface area (Å²) >= 11 is 0. The van der Waals surface area contributed by atoms with E-state index in [1.165, 1.54) is 0 Å². The van der Waals surface area contributed by atoms with Gasteiger partial charge in [-0.25, -0.2) is 15.0 Å². The number of hydrogen-bond acceptors (Lipinski definition) is 4. The Bertz CT molecular complexity index is 782. The summed E-state index contributed by atoms with van der Waals surface area (Å²) in [5.74, 6) is 0.779. The number of benzene rings is 1. The first kappa shape index (κ1) is 12.2. The zero-order chi connectivity index (χ0) is 13.9. The van der Waals surface area contributed by atoms with Gasteiger partial charge in [0.05, 0.1) is 5.69 Å². The number of hydrogen-bond donors (Lipinski definition) is 1. The maximum Gasteiger partial charge on any atom is 0.254 e. The summed E-state index contributed by atoms with van der Waals surface area (Å²) in [5.41, 5.74) is 1.95. The molecule has 0 unspecified atom stereocenters. The molecule has 0 saturated carbocycles. The average Bonchev–Trinajstić information content (AvgIpc) is 2.51. The van der Waals surface area contributed by atoms with Gasteiger partial charge in [0.2, 0.25) is 0 Å². The maximum atomic E-state index is 12.1. The fourth-order valence-corrected chi connectivity index (χ4v) is 1.94. The molecule has 3 rings (SSSR count). The zero-order valence-electron chi connectivity index (χ0n) is 10.9. The van der Waals surface area contributed by atoms with Crippen molar-refractivity contribution in [2.75, 3.05) is 0 Å². The van der Waals surface area contributed by atoms with Crippen molar-refractivity contribution < 1.29 is 0 Å². The van der Waals surface area contributed by atoms with Crippen molar-refractivity contribution in [2.45, 2.75) is 6.92 Å². The second-order valence-electron chi connectivity index (χ2n) is 4.33. The van der Waals surface area contributed by atoms with Crippen LogP contribution < -0.4 is 5.56 Å². The van der Waals surface area contributed by atoms with E-state index in [2.05, 4.69) is 19.9 Å². The van der Waals surface area contributed by atoms with E-state index in [-0.39, 0.29) is 5.56 Å². The minimum atomic E-state index is -0.179. The van der Waals surface area contributed by atoms with Gasteiger partial charge in [0.25, 0.3) is 5.56 Å². The first-order valence-electron chi connectivity index (χ1n) is 6.19. The predicted molar refractivity (Wildman–Crippen MR) is 76.1 cm³/mol. The third kappa shape index (κ3) is 2.21. The highest BCUT2D eigenvalue weighted by atomic mass is 16.1. The molecular formula is C15H12N4O. The Labute approximate surface area is 115 Å². The summed E-state index contributed by atoms with van der Waals surface area (Å²) in [7, 11) is 0. The molecule has 0 amide bonds. The fraction of sp³-hybridized carbons (Fsp3) is 0.0667. The van der Waals surface area contributed by atoms with Gasteiger partial charge in [-0.2, -0.15) is 0 Å². The summed E-state index contributed by atoms with van der Waals surface area (Å²) in [5, 5.41) is 0. The van der Waals surface area contributed by atoms with E-state index in [1.807, 2.05) is 30.3 Å². The van der Waals surface area contributed by atoms with Gasteiger partial charge in [-0.15, -0.1) is 0 Å². The summed E-state index contributed by atoms with van der Waals surface area (Å²) in [4.78, 5) is 27.5. The van der Waals surface area contributed by atoms with Gasteiger partial charge in [0, 0.05) is 23.5 Å². The van der Waals surface area contributed by atoms with Crippen molar-refractivity contribution in [1.82, 2.24) is 19.9 Å². The Morgan fingerprint density at radius 1 is 1.00 bits per heavy atom. The van der Waals surface area contributed by atoms with Gasteiger partial charge in [0.1, 0.15) is 0 Å². The highest BCUT2D eigenvalue weighted by Crippen LogP contribution is 2.20. The minimum Gasteiger partial charge on any atom is -0.304 e. The van der Waals surface area contributed by atoms with E-state index in [0.29, 0.717) is 22.9 Å². The molecule has 0 aliphatic rings. The molecule has 3 aromatic rings. The van der Waals surface area contributed by atoms with E-state index in [0.717, 1.165) is 5.56 Å². The van der Waals surface area contributed by atoms with E-state index in [1.54, 1.807) is 25.4 Å². The van der Waals surface area contributed by atoms with Crippen LogP contribution in [-0.4, -0.2) is 19.9 Å². The van der Waals surface area contributed by atoms with Gasteiger partial charge < -0.3 is 4.98 Å². The van der Waals surface area contributed by atoms with E-state index in [9.17, 15) is 4.79 Å². The van der Waals surface area contributed by atoms with Crippen molar-refractivity contribution in [3.05, 3.63) is 64.7 Å². The Hall–Kier alpha value is -2.82. The number of aromatic amines is 1. The lowest BCUT2D eigenvalue weighted by molar-refractivity contribution is 1.04. The summed E-state index contributed by atoms with van der Waals surface area (Å²) in [6.07, 6.45) is 3.23. The van der Waals surface area contributed by atoms with Gasteiger partial charge in [-0.3, -0.25) is 4.79 Å². The van der Waals surface area contributed by atoms with Crippen LogP contribution in [0.1, 0.15) is 5.56 Å². The lowest BCUT2D eigenvalue weighted by Gasteiger charge is -2.06. The second-order valence-corrected chi connectivity index (χ2v) is 4.33. The number of nitrogens with zero attached hydrogens (tertiary/aromatic N) is 3. The van der Waals surface area contributed by atoms with Crippen LogP contribution in [0.4, 0.5) is 0 Å². The average molecular weight is 264 g/mol. The van der Waals surface area contributed by atoms with Crippen LogP contribution in [-0.2, 0) is 0 Å². The summed E-state index contributed by atoms with van der Waals surface area (Å²) in [6, 6.07) is 11.3. The van der Waals surface area contributed by atoms with Crippen molar-refractivity contribution >= 4 is 0 Å². The highest BCUT2D eigenvalue weighted by Gasteiger charge is 2.11. The van der Waals surface area contributed by atoms with Crippen molar-refractivity contribution in [2.24, 2.45) is 0 Å². The molecule has 0 fully saturated rings. The van der Waals surface area contributed by atoms with E-state index in [4.69, 9.17) is 0 Å². The molecule has 5 heteroatoms. The Balaban J connectivity index is 2.22. The Morgan fingerprint density at radius 3 is 2.40 bits per heavy atom. The molecule has 20 heavy (non-hydrogen) atoms. The molecule has 0 aliphatic carbocycles. The zero-order valence-corrected chi connectivity index (χ0v) is 10.9. The monoisotopic (exact) mass is 264 g/mol. The number of aromatic nitrogens is 4. The second kappa shape index (κ2) is 5.05. The van der Waals surface area contributed by atoms with Crippen LogP contribution in [0.5, 0.6) is 0 Å². The van der Waals surface area contributed by atoms with Gasteiger partial charge in [-0.1, -0.05) is 30.3 Å². The molecule has 0 atom stereocenters. The number of nitrogens with one attached hydrogen (secondary N) is 1. The molecule has 2 heterocycles. The predicted octanol–water partition coefficient (Wildman–Crippen LogP) is 2.20. The normalized spacial score (nSPS) is 10.4. The molecule has 0 aliphatic heterocycles. The van der Waals surface area contributed by atoms with Gasteiger partial charge in [0.15, 0.2) is 11.6 Å². The smallest absolute Gasteiger partial charge is 0.254 e. The highest BCUT2D eigenvalue weighted by molar-refractivity contribution is 5.64. The maximum absolute atomic E-state index is 12.1. The molecule has 1 N–H and O–H groups in total. The topological polar surface area (TPSA) is 71.5 Å². The van der Waals surface area contributed by atoms with Crippen molar-refractivity contribution in [3.8, 4) is 22.9 Å². The molecular weight excluding hydrogens is 252 g/mol. The van der Waals surface area contributed by atoms with Crippen LogP contribution in [0.25, 0.3) is 22.9 Å². The molecule has 5 nitrogen and oxygen atoms in total. The minimum absolute atomic E-state index is 0.179.